The maximum absolute atomic E-state index is 6.09. The van der Waals surface area contributed by atoms with Crippen LogP contribution in [0.25, 0.3) is 11.1 Å². The van der Waals surface area contributed by atoms with Gasteiger partial charge in [0.1, 0.15) is 0 Å². The summed E-state index contributed by atoms with van der Waals surface area (Å²) in [5, 5.41) is 0. The Morgan fingerprint density at radius 1 is 0.632 bits per heavy atom. The molecule has 0 fully saturated rings. The van der Waals surface area contributed by atoms with E-state index in [9.17, 15) is 0 Å². The van der Waals surface area contributed by atoms with Crippen LogP contribution in [0.5, 0.6) is 0 Å². The highest BCUT2D eigenvalue weighted by Crippen LogP contribution is 2.33. The summed E-state index contributed by atoms with van der Waals surface area (Å²) in [5.41, 5.74) is 22.2. The predicted octanol–water partition coefficient (Wildman–Crippen LogP) is 4.06. The molecule has 2 aromatic rings. The first-order valence-corrected chi connectivity index (χ1v) is 6.56. The average Bonchev–Trinajstić information content (AvgIpc) is 2.37. The molecule has 2 nitrogen and oxygen atoms in total. The van der Waals surface area contributed by atoms with E-state index in [1.54, 1.807) is 0 Å². The lowest BCUT2D eigenvalue weighted by atomic mass is 9.91. The van der Waals surface area contributed by atoms with Gasteiger partial charge >= 0.3 is 0 Å². The van der Waals surface area contributed by atoms with Crippen LogP contribution in [0.2, 0.25) is 0 Å². The van der Waals surface area contributed by atoms with Gasteiger partial charge in [0.2, 0.25) is 0 Å². The van der Waals surface area contributed by atoms with Crippen LogP contribution in [-0.2, 0) is 0 Å². The lowest BCUT2D eigenvalue weighted by Gasteiger charge is -2.16. The van der Waals surface area contributed by atoms with Gasteiger partial charge in [-0.05, 0) is 91.8 Å². The smallest absolute Gasteiger partial charge is 0.0376 e. The minimum Gasteiger partial charge on any atom is -0.398 e. The number of anilines is 2. The zero-order valence-electron chi connectivity index (χ0n) is 12.4. The summed E-state index contributed by atoms with van der Waals surface area (Å²) in [6, 6.07) is 6.47. The Kier molecular flexibility index (Phi) is 3.27. The van der Waals surface area contributed by atoms with Gasteiger partial charge in [-0.2, -0.15) is 0 Å². The van der Waals surface area contributed by atoms with E-state index < -0.39 is 0 Å². The summed E-state index contributed by atoms with van der Waals surface area (Å²) in [6.45, 7) is 10.4. The van der Waals surface area contributed by atoms with Gasteiger partial charge in [0.05, 0.1) is 0 Å². The van der Waals surface area contributed by atoms with Gasteiger partial charge in [-0.3, -0.25) is 0 Å². The highest BCUT2D eigenvalue weighted by molar-refractivity contribution is 5.77. The number of nitrogen functional groups attached to an aromatic ring is 2. The Morgan fingerprint density at radius 3 is 1.63 bits per heavy atom. The van der Waals surface area contributed by atoms with Crippen LogP contribution in [0.15, 0.2) is 18.2 Å². The van der Waals surface area contributed by atoms with Crippen LogP contribution in [0.1, 0.15) is 27.8 Å². The minimum absolute atomic E-state index is 0.880. The molecule has 0 aliphatic carbocycles. The average molecular weight is 254 g/mol. The van der Waals surface area contributed by atoms with E-state index in [1.165, 1.54) is 22.3 Å². The van der Waals surface area contributed by atoms with Gasteiger partial charge < -0.3 is 11.5 Å². The Hall–Kier alpha value is -1.96. The fraction of sp³-hybridized carbons (Fsp3) is 0.294. The molecule has 0 unspecified atom stereocenters. The maximum Gasteiger partial charge on any atom is 0.0376 e. The first-order valence-electron chi connectivity index (χ1n) is 6.56. The molecule has 0 saturated carbocycles. The summed E-state index contributed by atoms with van der Waals surface area (Å²) in [4.78, 5) is 0. The third kappa shape index (κ3) is 2.19. The van der Waals surface area contributed by atoms with E-state index in [1.807, 2.05) is 0 Å². The van der Waals surface area contributed by atoms with Gasteiger partial charge in [-0.15, -0.1) is 0 Å². The highest BCUT2D eigenvalue weighted by atomic mass is 14.6. The summed E-state index contributed by atoms with van der Waals surface area (Å²) >= 11 is 0. The first kappa shape index (κ1) is 13.5. The molecule has 0 heterocycles. The molecule has 0 atom stereocenters. The monoisotopic (exact) mass is 254 g/mol. The Labute approximate surface area is 115 Å². The molecule has 100 valence electrons. The third-order valence-corrected chi connectivity index (χ3v) is 4.06. The zero-order chi connectivity index (χ0) is 14.3. The van der Waals surface area contributed by atoms with Crippen molar-refractivity contribution in [1.29, 1.82) is 0 Å². The quantitative estimate of drug-likeness (QED) is 0.754. The van der Waals surface area contributed by atoms with Crippen molar-refractivity contribution in [2.24, 2.45) is 0 Å². The van der Waals surface area contributed by atoms with Gasteiger partial charge in [0.25, 0.3) is 0 Å². The molecule has 0 spiro atoms. The first-order chi connectivity index (χ1) is 8.82. The molecule has 4 N–H and O–H groups in total. The lowest BCUT2D eigenvalue weighted by Crippen LogP contribution is -2.00. The van der Waals surface area contributed by atoms with E-state index in [0.29, 0.717) is 0 Å². The van der Waals surface area contributed by atoms with Crippen molar-refractivity contribution in [1.82, 2.24) is 0 Å². The molecule has 0 amide bonds. The number of benzene rings is 2. The fourth-order valence-corrected chi connectivity index (χ4v) is 2.53. The molecule has 2 heteroatoms. The molecular weight excluding hydrogens is 232 g/mol. The van der Waals surface area contributed by atoms with E-state index in [2.05, 4.69) is 52.8 Å². The largest absolute Gasteiger partial charge is 0.398 e. The number of nitrogens with two attached hydrogens (primary N) is 2. The van der Waals surface area contributed by atoms with Gasteiger partial charge in [0.15, 0.2) is 0 Å². The van der Waals surface area contributed by atoms with Gasteiger partial charge in [0, 0.05) is 11.4 Å². The van der Waals surface area contributed by atoms with Crippen molar-refractivity contribution in [2.75, 3.05) is 11.5 Å². The van der Waals surface area contributed by atoms with Gasteiger partial charge in [-0.25, -0.2) is 0 Å². The Balaban J connectivity index is 2.73. The molecule has 0 bridgehead atoms. The second-order valence-corrected chi connectivity index (χ2v) is 5.43. The van der Waals surface area contributed by atoms with Crippen molar-refractivity contribution in [3.05, 3.63) is 46.0 Å². The van der Waals surface area contributed by atoms with Crippen molar-refractivity contribution in [3.63, 3.8) is 0 Å². The molecule has 2 rings (SSSR count). The minimum atomic E-state index is 0.880. The van der Waals surface area contributed by atoms with Crippen molar-refractivity contribution in [3.8, 4) is 11.1 Å². The number of aryl methyl sites for hydroxylation is 3. The van der Waals surface area contributed by atoms with Crippen LogP contribution >= 0.6 is 0 Å². The van der Waals surface area contributed by atoms with Crippen molar-refractivity contribution < 1.29 is 0 Å². The Bertz CT molecular complexity index is 632. The third-order valence-electron chi connectivity index (χ3n) is 4.06. The summed E-state index contributed by atoms with van der Waals surface area (Å²) in [5.74, 6) is 0. The highest BCUT2D eigenvalue weighted by Gasteiger charge is 2.11. The molecule has 19 heavy (non-hydrogen) atoms. The van der Waals surface area contributed by atoms with Crippen LogP contribution in [0, 0.1) is 34.6 Å². The number of hydrogen-bond donors (Lipinski definition) is 2. The predicted molar refractivity (Wildman–Crippen MR) is 84.4 cm³/mol. The summed E-state index contributed by atoms with van der Waals surface area (Å²) in [7, 11) is 0. The lowest BCUT2D eigenvalue weighted by molar-refractivity contribution is 1.30. The summed E-state index contributed by atoms with van der Waals surface area (Å²) < 4.78 is 0. The molecule has 0 aliphatic rings. The normalized spacial score (nSPS) is 10.8. The maximum atomic E-state index is 6.09. The second kappa shape index (κ2) is 4.61. The molecule has 0 aliphatic heterocycles. The number of rotatable bonds is 1. The van der Waals surface area contributed by atoms with E-state index in [-0.39, 0.29) is 0 Å². The number of hydrogen-bond acceptors (Lipinski definition) is 2. The SMILES string of the molecule is Cc1cc(-c2cc(C)c(N)c(C)c2C)cc(C)c1N. The molecule has 0 aromatic heterocycles. The van der Waals surface area contributed by atoms with Crippen molar-refractivity contribution >= 4 is 11.4 Å². The van der Waals surface area contributed by atoms with Crippen LogP contribution in [-0.4, -0.2) is 0 Å². The summed E-state index contributed by atoms with van der Waals surface area (Å²) in [6.07, 6.45) is 0. The van der Waals surface area contributed by atoms with Crippen LogP contribution < -0.4 is 11.5 Å². The topological polar surface area (TPSA) is 52.0 Å². The standard InChI is InChI=1S/C17H22N2/c1-9-6-14(7-10(2)16(9)18)15-8-11(3)17(19)13(5)12(15)4/h6-8H,18-19H2,1-5H3. The van der Waals surface area contributed by atoms with Crippen LogP contribution in [0.4, 0.5) is 11.4 Å². The molecular formula is C17H22N2. The molecule has 0 saturated heterocycles. The molecule has 0 radical (unpaired) electrons. The van der Waals surface area contributed by atoms with E-state index in [4.69, 9.17) is 11.5 Å². The Morgan fingerprint density at radius 2 is 1.11 bits per heavy atom. The van der Waals surface area contributed by atoms with Crippen LogP contribution in [0.3, 0.4) is 0 Å². The van der Waals surface area contributed by atoms with E-state index in [0.717, 1.165) is 28.1 Å². The van der Waals surface area contributed by atoms with Crippen molar-refractivity contribution in [2.45, 2.75) is 34.6 Å². The fourth-order valence-electron chi connectivity index (χ4n) is 2.53. The zero-order valence-corrected chi connectivity index (χ0v) is 12.4. The molecule has 2 aromatic carbocycles. The second-order valence-electron chi connectivity index (χ2n) is 5.43. The van der Waals surface area contributed by atoms with E-state index >= 15 is 0 Å². The van der Waals surface area contributed by atoms with Gasteiger partial charge in [-0.1, -0.05) is 0 Å².